The highest BCUT2D eigenvalue weighted by molar-refractivity contribution is 6.10. The SMILES string of the molecule is COc1ccc(C2(C)NC(=O)N(CC(=O)Nc3cccc(C)n3)C2=O)cc1. The summed E-state index contributed by atoms with van der Waals surface area (Å²) < 4.78 is 5.11. The van der Waals surface area contributed by atoms with E-state index < -0.39 is 29.9 Å². The first-order valence-electron chi connectivity index (χ1n) is 8.35. The van der Waals surface area contributed by atoms with Crippen molar-refractivity contribution < 1.29 is 19.1 Å². The van der Waals surface area contributed by atoms with Gasteiger partial charge in [0.2, 0.25) is 5.91 Å². The summed E-state index contributed by atoms with van der Waals surface area (Å²) in [5, 5.41) is 5.26. The summed E-state index contributed by atoms with van der Waals surface area (Å²) in [5.41, 5.74) is 0.102. The maximum atomic E-state index is 12.9. The van der Waals surface area contributed by atoms with Gasteiger partial charge in [-0.15, -0.1) is 0 Å². The summed E-state index contributed by atoms with van der Waals surface area (Å²) in [4.78, 5) is 42.5. The minimum absolute atomic E-state index is 0.366. The lowest BCUT2D eigenvalue weighted by Gasteiger charge is -2.22. The third kappa shape index (κ3) is 3.59. The first kappa shape index (κ1) is 18.4. The second-order valence-electron chi connectivity index (χ2n) is 6.39. The number of hydrogen-bond donors (Lipinski definition) is 2. The van der Waals surface area contributed by atoms with E-state index >= 15 is 0 Å². The van der Waals surface area contributed by atoms with Gasteiger partial charge in [0, 0.05) is 5.69 Å². The maximum Gasteiger partial charge on any atom is 0.325 e. The van der Waals surface area contributed by atoms with Gasteiger partial charge in [0.25, 0.3) is 5.91 Å². The number of methoxy groups -OCH3 is 1. The third-order valence-electron chi connectivity index (χ3n) is 4.40. The highest BCUT2D eigenvalue weighted by atomic mass is 16.5. The Balaban J connectivity index is 1.74. The third-order valence-corrected chi connectivity index (χ3v) is 4.40. The van der Waals surface area contributed by atoms with Gasteiger partial charge in [-0.1, -0.05) is 18.2 Å². The van der Waals surface area contributed by atoms with E-state index in [-0.39, 0.29) is 0 Å². The summed E-state index contributed by atoms with van der Waals surface area (Å²) in [6.45, 7) is 3.01. The van der Waals surface area contributed by atoms with Crippen LogP contribution in [0.2, 0.25) is 0 Å². The zero-order valence-electron chi connectivity index (χ0n) is 15.3. The number of nitrogens with zero attached hydrogens (tertiary/aromatic N) is 2. The highest BCUT2D eigenvalue weighted by Gasteiger charge is 2.49. The Bertz CT molecular complexity index is 897. The lowest BCUT2D eigenvalue weighted by Crippen LogP contribution is -2.42. The van der Waals surface area contributed by atoms with E-state index in [1.165, 1.54) is 0 Å². The van der Waals surface area contributed by atoms with Gasteiger partial charge in [0.05, 0.1) is 7.11 Å². The molecule has 0 saturated carbocycles. The predicted octanol–water partition coefficient (Wildman–Crippen LogP) is 1.80. The Labute approximate surface area is 156 Å². The van der Waals surface area contributed by atoms with Crippen LogP contribution in [0.3, 0.4) is 0 Å². The van der Waals surface area contributed by atoms with Gasteiger partial charge >= 0.3 is 6.03 Å². The Kier molecular flexibility index (Phi) is 4.81. The fourth-order valence-corrected chi connectivity index (χ4v) is 2.90. The molecule has 0 spiro atoms. The number of benzene rings is 1. The van der Waals surface area contributed by atoms with Crippen molar-refractivity contribution in [1.82, 2.24) is 15.2 Å². The molecule has 2 heterocycles. The molecule has 0 bridgehead atoms. The van der Waals surface area contributed by atoms with E-state index in [1.807, 2.05) is 0 Å². The summed E-state index contributed by atoms with van der Waals surface area (Å²) >= 11 is 0. The normalized spacial score (nSPS) is 19.0. The van der Waals surface area contributed by atoms with Crippen LogP contribution < -0.4 is 15.4 Å². The molecule has 3 rings (SSSR count). The molecule has 1 saturated heterocycles. The van der Waals surface area contributed by atoms with Crippen LogP contribution in [0.5, 0.6) is 5.75 Å². The number of nitrogens with one attached hydrogen (secondary N) is 2. The summed E-state index contributed by atoms with van der Waals surface area (Å²) in [5.74, 6) is 0.00609. The molecule has 2 aromatic rings. The van der Waals surface area contributed by atoms with Crippen molar-refractivity contribution >= 4 is 23.7 Å². The average Bonchev–Trinajstić information content (AvgIpc) is 2.86. The molecule has 0 radical (unpaired) electrons. The largest absolute Gasteiger partial charge is 0.497 e. The molecule has 1 unspecified atom stereocenters. The highest BCUT2D eigenvalue weighted by Crippen LogP contribution is 2.29. The van der Waals surface area contributed by atoms with Gasteiger partial charge in [-0.25, -0.2) is 9.78 Å². The first-order chi connectivity index (χ1) is 12.8. The summed E-state index contributed by atoms with van der Waals surface area (Å²) in [7, 11) is 1.54. The van der Waals surface area contributed by atoms with Crippen molar-refractivity contribution in [3.63, 3.8) is 0 Å². The fourth-order valence-electron chi connectivity index (χ4n) is 2.90. The molecule has 0 aliphatic carbocycles. The van der Waals surface area contributed by atoms with Crippen LogP contribution >= 0.6 is 0 Å². The van der Waals surface area contributed by atoms with Crippen LogP contribution in [0.1, 0.15) is 18.2 Å². The molecule has 1 aliphatic rings. The molecule has 1 aromatic carbocycles. The first-order valence-corrected chi connectivity index (χ1v) is 8.35. The van der Waals surface area contributed by atoms with Crippen LogP contribution in [-0.4, -0.2) is 41.4 Å². The number of aryl methyl sites for hydroxylation is 1. The monoisotopic (exact) mass is 368 g/mol. The number of imide groups is 1. The van der Waals surface area contributed by atoms with Gasteiger partial charge < -0.3 is 15.4 Å². The summed E-state index contributed by atoms with van der Waals surface area (Å²) in [6, 6.07) is 11.4. The van der Waals surface area contributed by atoms with Crippen LogP contribution in [0.15, 0.2) is 42.5 Å². The number of rotatable bonds is 5. The minimum Gasteiger partial charge on any atom is -0.497 e. The van der Waals surface area contributed by atoms with Gasteiger partial charge in [-0.3, -0.25) is 14.5 Å². The molecule has 1 aromatic heterocycles. The molecule has 1 atom stereocenters. The zero-order valence-corrected chi connectivity index (χ0v) is 15.3. The lowest BCUT2D eigenvalue weighted by atomic mass is 9.92. The second-order valence-corrected chi connectivity index (χ2v) is 6.39. The standard InChI is InChI=1S/C19H20N4O4/c1-12-5-4-6-15(20-12)21-16(24)11-23-17(25)19(2,22-18(23)26)13-7-9-14(27-3)10-8-13/h4-10H,11H2,1-3H3,(H,22,26)(H,20,21,24). The van der Waals surface area contributed by atoms with Gasteiger partial charge in [-0.2, -0.15) is 0 Å². The molecule has 8 heteroatoms. The number of amides is 4. The Morgan fingerprint density at radius 1 is 1.22 bits per heavy atom. The minimum atomic E-state index is -1.24. The van der Waals surface area contributed by atoms with E-state index in [9.17, 15) is 14.4 Å². The number of ether oxygens (including phenoxy) is 1. The smallest absolute Gasteiger partial charge is 0.325 e. The van der Waals surface area contributed by atoms with E-state index in [2.05, 4.69) is 15.6 Å². The number of pyridine rings is 1. The van der Waals surface area contributed by atoms with Crippen LogP contribution in [0, 0.1) is 6.92 Å². The topological polar surface area (TPSA) is 101 Å². The van der Waals surface area contributed by atoms with Crippen molar-refractivity contribution in [2.24, 2.45) is 0 Å². The molecule has 1 fully saturated rings. The Morgan fingerprint density at radius 2 is 1.93 bits per heavy atom. The molecule has 27 heavy (non-hydrogen) atoms. The Hall–Kier alpha value is -3.42. The lowest BCUT2D eigenvalue weighted by molar-refractivity contribution is -0.133. The van der Waals surface area contributed by atoms with Crippen LogP contribution in [0.4, 0.5) is 10.6 Å². The molecule has 1 aliphatic heterocycles. The van der Waals surface area contributed by atoms with E-state index in [1.54, 1.807) is 63.4 Å². The maximum absolute atomic E-state index is 12.9. The molecular weight excluding hydrogens is 348 g/mol. The molecular formula is C19H20N4O4. The summed E-state index contributed by atoms with van der Waals surface area (Å²) in [6.07, 6.45) is 0. The molecule has 8 nitrogen and oxygen atoms in total. The number of urea groups is 1. The van der Waals surface area contributed by atoms with Gasteiger partial charge in [-0.05, 0) is 43.7 Å². The predicted molar refractivity (Wildman–Crippen MR) is 98.2 cm³/mol. The Morgan fingerprint density at radius 3 is 2.56 bits per heavy atom. The van der Waals surface area contributed by atoms with E-state index in [0.717, 1.165) is 10.6 Å². The van der Waals surface area contributed by atoms with Gasteiger partial charge in [0.15, 0.2) is 0 Å². The number of hydrogen-bond acceptors (Lipinski definition) is 5. The van der Waals surface area contributed by atoms with E-state index in [0.29, 0.717) is 17.1 Å². The number of carbonyl (C=O) groups is 3. The second kappa shape index (κ2) is 7.06. The fraction of sp³-hybridized carbons (Fsp3) is 0.263. The average molecular weight is 368 g/mol. The molecule has 2 N–H and O–H groups in total. The van der Waals surface area contributed by atoms with Crippen molar-refractivity contribution in [2.45, 2.75) is 19.4 Å². The number of carbonyl (C=O) groups excluding carboxylic acids is 3. The van der Waals surface area contributed by atoms with E-state index in [4.69, 9.17) is 4.74 Å². The quantitative estimate of drug-likeness (QED) is 0.784. The van der Waals surface area contributed by atoms with Crippen LogP contribution in [-0.2, 0) is 15.1 Å². The van der Waals surface area contributed by atoms with Crippen molar-refractivity contribution in [3.8, 4) is 5.75 Å². The van der Waals surface area contributed by atoms with Gasteiger partial charge in [0.1, 0.15) is 23.7 Å². The van der Waals surface area contributed by atoms with Crippen LogP contribution in [0.25, 0.3) is 0 Å². The van der Waals surface area contributed by atoms with Crippen molar-refractivity contribution in [1.29, 1.82) is 0 Å². The zero-order chi connectivity index (χ0) is 19.6. The number of aromatic nitrogens is 1. The molecule has 140 valence electrons. The van der Waals surface area contributed by atoms with Crippen molar-refractivity contribution in [3.05, 3.63) is 53.7 Å². The number of anilines is 1. The van der Waals surface area contributed by atoms with Crippen molar-refractivity contribution in [2.75, 3.05) is 19.0 Å². The molecule has 4 amide bonds.